The molecule has 4 aromatic rings. The Labute approximate surface area is 276 Å². The van der Waals surface area contributed by atoms with Crippen LogP contribution in [0.4, 0.5) is 0 Å². The van der Waals surface area contributed by atoms with Crippen LogP contribution < -0.4 is 0 Å². The SMILES string of the molecule is COC(=O)[C@H](O)C/C=C1\O[C@H](COCc2ccccc2)[C@@H](OCc2ccccc2)[C@H](OCc2ccccc2)[C@H]1OCc1ccccc1. The molecule has 8 nitrogen and oxygen atoms in total. The average Bonchev–Trinajstić information content (AvgIpc) is 3.13. The van der Waals surface area contributed by atoms with E-state index in [1.54, 1.807) is 6.08 Å². The molecule has 1 fully saturated rings. The molecule has 5 rings (SSSR count). The first-order valence-electron chi connectivity index (χ1n) is 15.8. The highest BCUT2D eigenvalue weighted by molar-refractivity contribution is 5.74. The maximum Gasteiger partial charge on any atom is 0.335 e. The van der Waals surface area contributed by atoms with Crippen molar-refractivity contribution in [2.45, 2.75) is 63.4 Å². The number of benzene rings is 4. The van der Waals surface area contributed by atoms with Crippen LogP contribution in [0.2, 0.25) is 0 Å². The lowest BCUT2D eigenvalue weighted by Gasteiger charge is -2.43. The standard InChI is InChI=1S/C39H42O8/c1-42-39(41)33(40)22-23-34-36(44-25-30-16-8-3-9-17-30)38(46-27-32-20-12-5-13-21-32)37(45-26-31-18-10-4-11-19-31)35(47-34)28-43-24-29-14-6-2-7-15-29/h2-21,23,33,35-38,40H,22,24-28H2,1H3/b34-23-/t33-,35-,36+,37-,38-/m1/s1. The van der Waals surface area contributed by atoms with Crippen molar-refractivity contribution in [1.29, 1.82) is 0 Å². The number of aliphatic hydroxyl groups excluding tert-OH is 1. The number of rotatable bonds is 16. The average molecular weight is 639 g/mol. The number of methoxy groups -OCH3 is 1. The maximum atomic E-state index is 12.1. The van der Waals surface area contributed by atoms with Gasteiger partial charge in [0.05, 0.1) is 40.1 Å². The molecule has 1 aliphatic heterocycles. The molecular weight excluding hydrogens is 596 g/mol. The van der Waals surface area contributed by atoms with Crippen molar-refractivity contribution in [1.82, 2.24) is 0 Å². The Morgan fingerprint density at radius 1 is 0.681 bits per heavy atom. The van der Waals surface area contributed by atoms with E-state index in [2.05, 4.69) is 0 Å². The zero-order chi connectivity index (χ0) is 32.7. The predicted octanol–water partition coefficient (Wildman–Crippen LogP) is 6.17. The number of hydrogen-bond donors (Lipinski definition) is 1. The molecule has 0 aromatic heterocycles. The molecular formula is C39H42O8. The molecule has 4 aromatic carbocycles. The lowest BCUT2D eigenvalue weighted by molar-refractivity contribution is -0.223. The summed E-state index contributed by atoms with van der Waals surface area (Å²) in [6.07, 6.45) is -2.29. The molecule has 47 heavy (non-hydrogen) atoms. The second kappa shape index (κ2) is 18.1. The van der Waals surface area contributed by atoms with Gasteiger partial charge in [-0.2, -0.15) is 0 Å². The Hall–Kier alpha value is -4.31. The molecule has 0 aliphatic carbocycles. The smallest absolute Gasteiger partial charge is 0.335 e. The monoisotopic (exact) mass is 638 g/mol. The first-order chi connectivity index (χ1) is 23.1. The van der Waals surface area contributed by atoms with Gasteiger partial charge in [-0.25, -0.2) is 4.79 Å². The third-order valence-electron chi connectivity index (χ3n) is 7.81. The molecule has 5 atom stereocenters. The first kappa shape index (κ1) is 34.0. The zero-order valence-electron chi connectivity index (χ0n) is 26.6. The van der Waals surface area contributed by atoms with E-state index >= 15 is 0 Å². The molecule has 246 valence electrons. The summed E-state index contributed by atoms with van der Waals surface area (Å²) in [6, 6.07) is 39.6. The van der Waals surface area contributed by atoms with Gasteiger partial charge in [0.2, 0.25) is 0 Å². The lowest BCUT2D eigenvalue weighted by Crippen LogP contribution is -2.56. The minimum atomic E-state index is -1.37. The Kier molecular flexibility index (Phi) is 13.1. The topological polar surface area (TPSA) is 92.7 Å². The zero-order valence-corrected chi connectivity index (χ0v) is 26.6. The van der Waals surface area contributed by atoms with Gasteiger partial charge in [0, 0.05) is 6.42 Å². The van der Waals surface area contributed by atoms with Crippen LogP contribution >= 0.6 is 0 Å². The molecule has 0 bridgehead atoms. The molecule has 0 saturated carbocycles. The van der Waals surface area contributed by atoms with Crippen molar-refractivity contribution < 1.29 is 38.3 Å². The molecule has 8 heteroatoms. The third-order valence-corrected chi connectivity index (χ3v) is 7.81. The van der Waals surface area contributed by atoms with Gasteiger partial charge in [0.1, 0.15) is 24.1 Å². The van der Waals surface area contributed by atoms with Gasteiger partial charge in [-0.1, -0.05) is 121 Å². The fraction of sp³-hybridized carbons (Fsp3) is 0.308. The minimum absolute atomic E-state index is 0.0360. The number of carbonyl (C=O) groups excluding carboxylic acids is 1. The summed E-state index contributed by atoms with van der Waals surface area (Å²) in [4.78, 5) is 12.1. The van der Waals surface area contributed by atoms with E-state index in [9.17, 15) is 9.90 Å². The van der Waals surface area contributed by atoms with Crippen molar-refractivity contribution in [2.75, 3.05) is 13.7 Å². The second-order valence-corrected chi connectivity index (χ2v) is 11.3. The van der Waals surface area contributed by atoms with Crippen molar-refractivity contribution in [3.63, 3.8) is 0 Å². The number of hydrogen-bond acceptors (Lipinski definition) is 8. The van der Waals surface area contributed by atoms with Crippen LogP contribution in [-0.2, 0) is 59.6 Å². The minimum Gasteiger partial charge on any atom is -0.487 e. The van der Waals surface area contributed by atoms with E-state index in [0.29, 0.717) is 25.6 Å². The summed E-state index contributed by atoms with van der Waals surface area (Å²) in [5.74, 6) is -0.307. The Morgan fingerprint density at radius 3 is 1.62 bits per heavy atom. The summed E-state index contributed by atoms with van der Waals surface area (Å²) in [5, 5.41) is 10.5. The van der Waals surface area contributed by atoms with E-state index in [1.807, 2.05) is 121 Å². The fourth-order valence-electron chi connectivity index (χ4n) is 5.33. The van der Waals surface area contributed by atoms with Gasteiger partial charge in [-0.15, -0.1) is 0 Å². The van der Waals surface area contributed by atoms with Crippen LogP contribution in [0.3, 0.4) is 0 Å². The Balaban J connectivity index is 1.47. The summed E-state index contributed by atoms with van der Waals surface area (Å²) >= 11 is 0. The predicted molar refractivity (Wildman–Crippen MR) is 177 cm³/mol. The van der Waals surface area contributed by atoms with Crippen LogP contribution in [-0.4, -0.2) is 55.3 Å². The van der Waals surface area contributed by atoms with Crippen molar-refractivity contribution in [3.05, 3.63) is 155 Å². The van der Waals surface area contributed by atoms with Crippen molar-refractivity contribution in [3.8, 4) is 0 Å². The van der Waals surface area contributed by atoms with E-state index < -0.39 is 36.5 Å². The summed E-state index contributed by atoms with van der Waals surface area (Å²) < 4.78 is 37.5. The van der Waals surface area contributed by atoms with Crippen molar-refractivity contribution in [2.24, 2.45) is 0 Å². The van der Waals surface area contributed by atoms with E-state index in [4.69, 9.17) is 28.4 Å². The quantitative estimate of drug-likeness (QED) is 0.146. The summed E-state index contributed by atoms with van der Waals surface area (Å²) in [6.45, 7) is 1.48. The third kappa shape index (κ3) is 10.3. The number of esters is 1. The highest BCUT2D eigenvalue weighted by Crippen LogP contribution is 2.33. The fourth-order valence-corrected chi connectivity index (χ4v) is 5.33. The van der Waals surface area contributed by atoms with Crippen LogP contribution in [0.1, 0.15) is 28.7 Å². The molecule has 1 heterocycles. The second-order valence-electron chi connectivity index (χ2n) is 11.3. The largest absolute Gasteiger partial charge is 0.487 e. The van der Waals surface area contributed by atoms with Crippen LogP contribution in [0.25, 0.3) is 0 Å². The van der Waals surface area contributed by atoms with Gasteiger partial charge in [0.15, 0.2) is 12.2 Å². The van der Waals surface area contributed by atoms with Gasteiger partial charge in [0.25, 0.3) is 0 Å². The molecule has 1 saturated heterocycles. The Morgan fingerprint density at radius 2 is 1.13 bits per heavy atom. The van der Waals surface area contributed by atoms with Crippen LogP contribution in [0.5, 0.6) is 0 Å². The Bertz CT molecular complexity index is 1500. The summed E-state index contributed by atoms with van der Waals surface area (Å²) in [5.41, 5.74) is 4.00. The molecule has 1 aliphatic rings. The highest BCUT2D eigenvalue weighted by atomic mass is 16.6. The number of aliphatic hydroxyl groups is 1. The molecule has 1 N–H and O–H groups in total. The highest BCUT2D eigenvalue weighted by Gasteiger charge is 2.46. The van der Waals surface area contributed by atoms with Gasteiger partial charge >= 0.3 is 5.97 Å². The molecule has 0 radical (unpaired) electrons. The number of carbonyl (C=O) groups is 1. The van der Waals surface area contributed by atoms with E-state index in [0.717, 1.165) is 22.3 Å². The maximum absolute atomic E-state index is 12.1. The molecule has 0 unspecified atom stereocenters. The van der Waals surface area contributed by atoms with E-state index in [-0.39, 0.29) is 19.6 Å². The van der Waals surface area contributed by atoms with Crippen LogP contribution in [0.15, 0.2) is 133 Å². The number of ether oxygens (including phenoxy) is 6. The molecule has 0 spiro atoms. The van der Waals surface area contributed by atoms with Gasteiger partial charge in [-0.3, -0.25) is 0 Å². The summed E-state index contributed by atoms with van der Waals surface area (Å²) in [7, 11) is 1.24. The van der Waals surface area contributed by atoms with Gasteiger partial charge < -0.3 is 33.5 Å². The molecule has 0 amide bonds. The lowest BCUT2D eigenvalue weighted by atomic mass is 9.96. The van der Waals surface area contributed by atoms with Crippen molar-refractivity contribution >= 4 is 5.97 Å². The normalized spacial score (nSPS) is 20.8. The first-order valence-corrected chi connectivity index (χ1v) is 15.8. The van der Waals surface area contributed by atoms with Crippen LogP contribution in [0, 0.1) is 0 Å². The van der Waals surface area contributed by atoms with Gasteiger partial charge in [-0.05, 0) is 28.3 Å². The van der Waals surface area contributed by atoms with E-state index in [1.165, 1.54) is 7.11 Å².